The molecule has 4 rings (SSSR count). The molecule has 0 aromatic heterocycles. The fourth-order valence-electron chi connectivity index (χ4n) is 4.80. The van der Waals surface area contributed by atoms with Gasteiger partial charge in [0, 0.05) is 12.8 Å². The normalized spacial score (nSPS) is 21.0. The number of benzene rings is 2. The minimum atomic E-state index is -4.48. The van der Waals surface area contributed by atoms with Crippen molar-refractivity contribution in [3.63, 3.8) is 0 Å². The number of rotatable bonds is 12. The quantitative estimate of drug-likeness (QED) is 0.137. The van der Waals surface area contributed by atoms with Crippen LogP contribution in [-0.2, 0) is 37.4 Å². The summed E-state index contributed by atoms with van der Waals surface area (Å²) < 4.78 is 48.1. The van der Waals surface area contributed by atoms with Gasteiger partial charge in [-0.05, 0) is 50.8 Å². The lowest BCUT2D eigenvalue weighted by molar-refractivity contribution is -0.168. The van der Waals surface area contributed by atoms with Gasteiger partial charge in [0.05, 0.1) is 18.1 Å². The molecule has 41 heavy (non-hydrogen) atoms. The van der Waals surface area contributed by atoms with Crippen LogP contribution >= 0.6 is 7.82 Å². The third-order valence-electron chi connectivity index (χ3n) is 6.32. The summed E-state index contributed by atoms with van der Waals surface area (Å²) in [6.07, 6.45) is -0.428. The summed E-state index contributed by atoms with van der Waals surface area (Å²) in [5.74, 6) is -3.04. The number of β-lactam (4-membered cyclic amide) rings is 1. The molecule has 0 radical (unpaired) electrons. The number of carbonyl (C=O) groups is 3. The van der Waals surface area contributed by atoms with Crippen LogP contribution in [0.4, 0.5) is 0 Å². The van der Waals surface area contributed by atoms with Gasteiger partial charge in [0.2, 0.25) is 11.8 Å². The van der Waals surface area contributed by atoms with Gasteiger partial charge in [0.1, 0.15) is 11.5 Å². The molecule has 1 amide bonds. The first-order chi connectivity index (χ1) is 19.3. The average molecular weight is 604 g/mol. The van der Waals surface area contributed by atoms with Crippen molar-refractivity contribution in [2.24, 2.45) is 11.8 Å². The number of ether oxygens (including phenoxy) is 2. The van der Waals surface area contributed by atoms with Gasteiger partial charge < -0.3 is 27.5 Å². The summed E-state index contributed by atoms with van der Waals surface area (Å²) >= 11 is 0. The second-order valence-electron chi connectivity index (χ2n) is 10.7. The lowest BCUT2D eigenvalue weighted by atomic mass is 9.79. The predicted molar refractivity (Wildman–Crippen MR) is 150 cm³/mol. The predicted octanol–water partition coefficient (Wildman–Crippen LogP) is 5.26. The van der Waals surface area contributed by atoms with E-state index in [9.17, 15) is 18.9 Å². The molecule has 2 aromatic carbocycles. The molecule has 13 heteroatoms. The zero-order chi connectivity index (χ0) is 29.9. The molecule has 0 bridgehead atoms. The Kier molecular flexibility index (Phi) is 8.96. The minimum absolute atomic E-state index is 0.0718. The molecule has 0 aliphatic carbocycles. The lowest BCUT2D eigenvalue weighted by Crippen LogP contribution is -2.64. The monoisotopic (exact) mass is 603 g/mol. The van der Waals surface area contributed by atoms with Crippen molar-refractivity contribution in [3.05, 3.63) is 72.3 Å². The Bertz CT molecular complexity index is 1320. The number of fused-ring (bicyclic) bond motifs is 1. The fraction of sp³-hybridized carbons (Fsp3) is 0.393. The second kappa shape index (κ2) is 12.1. The van der Waals surface area contributed by atoms with E-state index in [2.05, 4.69) is 0 Å². The largest absolute Gasteiger partial charge is 0.646 e. The van der Waals surface area contributed by atoms with Gasteiger partial charge in [0.25, 0.3) is 0 Å². The molecule has 220 valence electrons. The van der Waals surface area contributed by atoms with Crippen LogP contribution in [0.5, 0.6) is 11.5 Å². The van der Waals surface area contributed by atoms with Gasteiger partial charge in [-0.25, -0.2) is 4.79 Å². The maximum atomic E-state index is 14.2. The zero-order valence-corrected chi connectivity index (χ0v) is 25.7. The highest BCUT2D eigenvalue weighted by Crippen LogP contribution is 2.57. The molecule has 4 atom stereocenters. The van der Waals surface area contributed by atoms with E-state index in [0.29, 0.717) is 0 Å². The highest BCUT2D eigenvalue weighted by atomic mass is 31.2. The molecule has 0 unspecified atom stereocenters. The van der Waals surface area contributed by atoms with E-state index in [1.807, 2.05) is 26.6 Å². The van der Waals surface area contributed by atoms with Crippen molar-refractivity contribution in [2.45, 2.75) is 52.6 Å². The van der Waals surface area contributed by atoms with E-state index in [4.69, 9.17) is 27.5 Å². The first-order valence-electron chi connectivity index (χ1n) is 13.2. The lowest BCUT2D eigenvalue weighted by Gasteiger charge is -2.47. The second-order valence-corrected chi connectivity index (χ2v) is 16.6. The summed E-state index contributed by atoms with van der Waals surface area (Å²) in [6.45, 7) is 10.1. The Labute approximate surface area is 240 Å². The number of amides is 1. The Hall–Kier alpha value is -3.60. The fourth-order valence-corrected chi connectivity index (χ4v) is 7.42. The third-order valence-corrected chi connectivity index (χ3v) is 8.69. The first kappa shape index (κ1) is 30.4. The van der Waals surface area contributed by atoms with Gasteiger partial charge in [-0.15, -0.1) is 0 Å². The number of phosphoric ester groups is 1. The number of phosphoric acid groups is 1. The highest BCUT2D eigenvalue weighted by Gasteiger charge is 2.62. The molecule has 0 saturated carbocycles. The van der Waals surface area contributed by atoms with E-state index in [0.717, 1.165) is 6.92 Å². The van der Waals surface area contributed by atoms with Crippen LogP contribution in [0.3, 0.4) is 0 Å². The molecule has 11 nitrogen and oxygen atoms in total. The van der Waals surface area contributed by atoms with Crippen LogP contribution in [0.2, 0.25) is 19.6 Å². The van der Waals surface area contributed by atoms with E-state index in [1.54, 1.807) is 67.6 Å². The van der Waals surface area contributed by atoms with E-state index >= 15 is 0 Å². The van der Waals surface area contributed by atoms with Crippen molar-refractivity contribution in [1.29, 1.82) is 0 Å². The van der Waals surface area contributed by atoms with Crippen molar-refractivity contribution in [3.8, 4) is 11.5 Å². The van der Waals surface area contributed by atoms with Crippen LogP contribution in [0, 0.1) is 11.8 Å². The molecular formula is C28H34NO10PSi. The first-order valence-corrected chi connectivity index (χ1v) is 18.0. The molecule has 2 aliphatic rings. The molecule has 2 heterocycles. The molecule has 1 saturated heterocycles. The molecule has 2 aliphatic heterocycles. The number of hydrogen-bond acceptors (Lipinski definition) is 10. The van der Waals surface area contributed by atoms with Gasteiger partial charge in [0.15, 0.2) is 20.7 Å². The molecule has 1 fully saturated rings. The topological polar surface area (TPSA) is 127 Å². The van der Waals surface area contributed by atoms with Crippen LogP contribution in [0.15, 0.2) is 72.3 Å². The number of hydrogen-bond donors (Lipinski definition) is 0. The number of para-hydroxylation sites is 2. The molecule has 0 N–H and O–H groups in total. The van der Waals surface area contributed by atoms with Crippen molar-refractivity contribution in [2.75, 3.05) is 6.61 Å². The smallest absolute Gasteiger partial charge is 0.454 e. The van der Waals surface area contributed by atoms with Crippen molar-refractivity contribution >= 4 is 34.0 Å². The van der Waals surface area contributed by atoms with Crippen LogP contribution in [-0.4, -0.2) is 49.8 Å². The Morgan fingerprint density at radius 1 is 0.951 bits per heavy atom. The van der Waals surface area contributed by atoms with Crippen LogP contribution < -0.4 is 9.05 Å². The number of esters is 2. The summed E-state index contributed by atoms with van der Waals surface area (Å²) in [6, 6.07) is 16.1. The SMILES string of the molecule is CC(=O)OCC(=O)OC1=C(OP(=O)(Oc2ccccc2)Oc2ccccc2)[C@H](C)[C@@H]2[C@@H]([C@@H](C)O[Si](C)(C)C)C(=O)N12. The van der Waals surface area contributed by atoms with Crippen molar-refractivity contribution in [1.82, 2.24) is 4.90 Å². The third kappa shape index (κ3) is 7.19. The maximum absolute atomic E-state index is 14.2. The van der Waals surface area contributed by atoms with Gasteiger partial charge in [-0.2, -0.15) is 4.57 Å². The summed E-state index contributed by atoms with van der Waals surface area (Å²) in [5, 5.41) is 0. The molecular weight excluding hydrogens is 569 g/mol. The van der Waals surface area contributed by atoms with E-state index < -0.39 is 58.7 Å². The van der Waals surface area contributed by atoms with E-state index in [-0.39, 0.29) is 29.0 Å². The molecule has 2 aromatic rings. The summed E-state index contributed by atoms with van der Waals surface area (Å²) in [7, 11) is -6.48. The van der Waals surface area contributed by atoms with Crippen molar-refractivity contribution < 1.29 is 46.4 Å². The highest BCUT2D eigenvalue weighted by molar-refractivity contribution is 7.49. The van der Waals surface area contributed by atoms with Gasteiger partial charge in [-0.1, -0.05) is 43.3 Å². The summed E-state index contributed by atoms with van der Waals surface area (Å²) in [4.78, 5) is 38.6. The van der Waals surface area contributed by atoms with E-state index in [1.165, 1.54) is 4.90 Å². The molecule has 0 spiro atoms. The van der Waals surface area contributed by atoms with Gasteiger partial charge >= 0.3 is 19.8 Å². The van der Waals surface area contributed by atoms with Crippen LogP contribution in [0.25, 0.3) is 0 Å². The average Bonchev–Trinajstić information content (AvgIpc) is 3.09. The van der Waals surface area contributed by atoms with Gasteiger partial charge in [-0.3, -0.25) is 14.5 Å². The maximum Gasteiger partial charge on any atom is 0.646 e. The number of carbonyl (C=O) groups excluding carboxylic acids is 3. The minimum Gasteiger partial charge on any atom is -0.454 e. The number of nitrogens with zero attached hydrogens (tertiary/aromatic N) is 1. The Morgan fingerprint density at radius 3 is 1.98 bits per heavy atom. The summed E-state index contributed by atoms with van der Waals surface area (Å²) in [5.41, 5.74) is 0. The Balaban J connectivity index is 1.70. The standard InChI is InChI=1S/C28H34NO10PSi/c1-18-25-24(19(2)39-41(4,5)6)27(32)29(25)28(35-23(31)17-34-20(3)30)26(18)38-40(33,36-21-13-9-7-10-14-21)37-22-15-11-8-12-16-22/h7-16,18-19,24-25H,17H2,1-6H3/t18-,19-,24-,25-/m1/s1. The van der Waals surface area contributed by atoms with Crippen LogP contribution in [0.1, 0.15) is 20.8 Å². The zero-order valence-electron chi connectivity index (χ0n) is 23.8. The Morgan fingerprint density at radius 2 is 1.49 bits per heavy atom.